The van der Waals surface area contributed by atoms with Crippen molar-refractivity contribution in [3.8, 4) is 11.3 Å². The number of hydrogen-bond donors (Lipinski definition) is 1. The second-order valence-electron chi connectivity index (χ2n) is 5.01. The predicted octanol–water partition coefficient (Wildman–Crippen LogP) is 6.42. The lowest BCUT2D eigenvalue weighted by Gasteiger charge is -2.00. The Morgan fingerprint density at radius 3 is 2.60 bits per heavy atom. The topological polar surface area (TPSA) is 42.0 Å². The van der Waals surface area contributed by atoms with Crippen molar-refractivity contribution >= 4 is 63.3 Å². The molecule has 1 N–H and O–H groups in total. The Morgan fingerprint density at radius 2 is 1.84 bits per heavy atom. The lowest BCUT2D eigenvalue weighted by molar-refractivity contribution is -0.111. The zero-order valence-electron chi connectivity index (χ0n) is 12.7. The van der Waals surface area contributed by atoms with Crippen molar-refractivity contribution in [2.75, 3.05) is 5.32 Å². The van der Waals surface area contributed by atoms with Crippen LogP contribution in [0.1, 0.15) is 5.56 Å². The summed E-state index contributed by atoms with van der Waals surface area (Å²) in [5.41, 5.74) is 2.32. The number of carbonyl (C=O) groups excluding carboxylic acids is 1. The van der Waals surface area contributed by atoms with E-state index in [0.29, 0.717) is 25.9 Å². The summed E-state index contributed by atoms with van der Waals surface area (Å²) in [4.78, 5) is 16.4. The molecule has 25 heavy (non-hydrogen) atoms. The van der Waals surface area contributed by atoms with Gasteiger partial charge in [-0.15, -0.1) is 11.3 Å². The summed E-state index contributed by atoms with van der Waals surface area (Å²) in [6.45, 7) is 0. The van der Waals surface area contributed by atoms with Crippen LogP contribution in [0.5, 0.6) is 0 Å². The molecule has 0 saturated carbocycles. The van der Waals surface area contributed by atoms with Gasteiger partial charge in [-0.1, -0.05) is 59.1 Å². The third kappa shape index (κ3) is 4.61. The van der Waals surface area contributed by atoms with Crippen LogP contribution in [0.15, 0.2) is 53.9 Å². The molecular formula is C18H11Cl3N2OS. The molecule has 7 heteroatoms. The van der Waals surface area contributed by atoms with Gasteiger partial charge in [0.05, 0.1) is 15.7 Å². The Morgan fingerprint density at radius 1 is 1.04 bits per heavy atom. The second kappa shape index (κ2) is 8.02. The molecule has 0 fully saturated rings. The Kier molecular flexibility index (Phi) is 5.76. The lowest BCUT2D eigenvalue weighted by atomic mass is 10.2. The molecule has 0 aliphatic rings. The molecule has 1 heterocycles. The Balaban J connectivity index is 1.69. The minimum absolute atomic E-state index is 0.282. The van der Waals surface area contributed by atoms with Crippen LogP contribution in [0, 0.1) is 0 Å². The maximum atomic E-state index is 12.0. The van der Waals surface area contributed by atoms with Crippen molar-refractivity contribution in [3.05, 3.63) is 74.6 Å². The molecule has 1 aromatic heterocycles. The zero-order chi connectivity index (χ0) is 17.8. The van der Waals surface area contributed by atoms with Gasteiger partial charge in [0.1, 0.15) is 0 Å². The normalized spacial score (nSPS) is 11.0. The van der Waals surface area contributed by atoms with Crippen molar-refractivity contribution in [1.82, 2.24) is 4.98 Å². The van der Waals surface area contributed by atoms with Crippen molar-refractivity contribution in [1.29, 1.82) is 0 Å². The van der Waals surface area contributed by atoms with Crippen molar-refractivity contribution in [3.63, 3.8) is 0 Å². The summed E-state index contributed by atoms with van der Waals surface area (Å²) in [5.74, 6) is -0.282. The summed E-state index contributed by atoms with van der Waals surface area (Å²) in [7, 11) is 0. The van der Waals surface area contributed by atoms with Gasteiger partial charge in [0.15, 0.2) is 5.13 Å². The van der Waals surface area contributed by atoms with E-state index in [9.17, 15) is 4.79 Å². The number of nitrogens with one attached hydrogen (secondary N) is 1. The molecule has 0 aliphatic carbocycles. The number of hydrogen-bond acceptors (Lipinski definition) is 3. The molecule has 0 spiro atoms. The number of rotatable bonds is 4. The van der Waals surface area contributed by atoms with E-state index in [1.807, 2.05) is 29.6 Å². The van der Waals surface area contributed by atoms with Crippen LogP contribution in [0.2, 0.25) is 15.1 Å². The van der Waals surface area contributed by atoms with Crippen LogP contribution in [-0.2, 0) is 4.79 Å². The third-order valence-corrected chi connectivity index (χ3v) is 5.11. The highest BCUT2D eigenvalue weighted by atomic mass is 35.5. The van der Waals surface area contributed by atoms with E-state index in [2.05, 4.69) is 10.3 Å². The monoisotopic (exact) mass is 408 g/mol. The fourth-order valence-electron chi connectivity index (χ4n) is 2.04. The molecule has 1 amide bonds. The van der Waals surface area contributed by atoms with Crippen LogP contribution >= 0.6 is 46.1 Å². The standard InChI is InChI=1S/C18H11Cl3N2OS/c19-13-4-2-1-3-11(13)6-8-17(24)23-18-22-16(10-25-18)12-5-7-14(20)15(21)9-12/h1-10H,(H,22,23,24)/b8-6+. The number of thiazole rings is 1. The molecule has 126 valence electrons. The summed E-state index contributed by atoms with van der Waals surface area (Å²) in [6.07, 6.45) is 3.08. The van der Waals surface area contributed by atoms with Gasteiger partial charge >= 0.3 is 0 Å². The number of carbonyl (C=O) groups is 1. The summed E-state index contributed by atoms with van der Waals surface area (Å²) in [6, 6.07) is 12.6. The first-order valence-corrected chi connectivity index (χ1v) is 9.19. The summed E-state index contributed by atoms with van der Waals surface area (Å²) in [5, 5.41) is 6.59. The molecule has 0 bridgehead atoms. The molecule has 3 aromatic rings. The van der Waals surface area contributed by atoms with Crippen LogP contribution in [0.3, 0.4) is 0 Å². The van der Waals surface area contributed by atoms with Gasteiger partial charge in [0.25, 0.3) is 0 Å². The quantitative estimate of drug-likeness (QED) is 0.505. The summed E-state index contributed by atoms with van der Waals surface area (Å²) < 4.78 is 0. The van der Waals surface area contributed by atoms with E-state index in [4.69, 9.17) is 34.8 Å². The average Bonchev–Trinajstić information content (AvgIpc) is 3.05. The van der Waals surface area contributed by atoms with E-state index in [-0.39, 0.29) is 5.91 Å². The fraction of sp³-hybridized carbons (Fsp3) is 0. The highest BCUT2D eigenvalue weighted by Crippen LogP contribution is 2.30. The Bertz CT molecular complexity index is 953. The molecular weight excluding hydrogens is 399 g/mol. The smallest absolute Gasteiger partial charge is 0.250 e. The zero-order valence-corrected chi connectivity index (χ0v) is 15.8. The van der Waals surface area contributed by atoms with Gasteiger partial charge in [0, 0.05) is 22.0 Å². The number of anilines is 1. The molecule has 0 radical (unpaired) electrons. The highest BCUT2D eigenvalue weighted by Gasteiger charge is 2.08. The van der Waals surface area contributed by atoms with E-state index >= 15 is 0 Å². The number of amides is 1. The minimum Gasteiger partial charge on any atom is -0.298 e. The maximum absolute atomic E-state index is 12.0. The third-order valence-electron chi connectivity index (χ3n) is 3.27. The Labute approximate surface area is 163 Å². The van der Waals surface area contributed by atoms with Crippen LogP contribution in [0.25, 0.3) is 17.3 Å². The first-order valence-electron chi connectivity index (χ1n) is 7.17. The molecule has 3 rings (SSSR count). The molecule has 0 saturated heterocycles. The van der Waals surface area contributed by atoms with Gasteiger partial charge in [-0.05, 0) is 29.8 Å². The fourth-order valence-corrected chi connectivity index (χ4v) is 3.26. The number of benzene rings is 2. The average molecular weight is 410 g/mol. The molecule has 3 nitrogen and oxygen atoms in total. The van der Waals surface area contributed by atoms with Gasteiger partial charge < -0.3 is 0 Å². The van der Waals surface area contributed by atoms with Crippen LogP contribution in [0.4, 0.5) is 5.13 Å². The molecule has 0 unspecified atom stereocenters. The molecule has 2 aromatic carbocycles. The van der Waals surface area contributed by atoms with Crippen LogP contribution < -0.4 is 5.32 Å². The van der Waals surface area contributed by atoms with Crippen molar-refractivity contribution < 1.29 is 4.79 Å². The van der Waals surface area contributed by atoms with Crippen molar-refractivity contribution in [2.45, 2.75) is 0 Å². The number of halogens is 3. The summed E-state index contributed by atoms with van der Waals surface area (Å²) >= 11 is 19.3. The highest BCUT2D eigenvalue weighted by molar-refractivity contribution is 7.14. The van der Waals surface area contributed by atoms with Crippen LogP contribution in [-0.4, -0.2) is 10.9 Å². The van der Waals surface area contributed by atoms with E-state index in [1.165, 1.54) is 17.4 Å². The van der Waals surface area contributed by atoms with E-state index in [1.54, 1.807) is 24.3 Å². The largest absolute Gasteiger partial charge is 0.298 e. The Hall–Kier alpha value is -1.85. The second-order valence-corrected chi connectivity index (χ2v) is 7.09. The SMILES string of the molecule is O=C(/C=C/c1ccccc1Cl)Nc1nc(-c2ccc(Cl)c(Cl)c2)cs1. The molecule has 0 aliphatic heterocycles. The van der Waals surface area contributed by atoms with Crippen molar-refractivity contribution in [2.24, 2.45) is 0 Å². The lowest BCUT2D eigenvalue weighted by Crippen LogP contribution is -2.07. The van der Waals surface area contributed by atoms with Gasteiger partial charge in [-0.3, -0.25) is 10.1 Å². The minimum atomic E-state index is -0.282. The number of aromatic nitrogens is 1. The van der Waals surface area contributed by atoms with Gasteiger partial charge in [-0.25, -0.2) is 4.98 Å². The first kappa shape index (κ1) is 18.0. The van der Waals surface area contributed by atoms with Gasteiger partial charge in [-0.2, -0.15) is 0 Å². The first-order chi connectivity index (χ1) is 12.0. The predicted molar refractivity (Wildman–Crippen MR) is 107 cm³/mol. The van der Waals surface area contributed by atoms with Gasteiger partial charge in [0.2, 0.25) is 5.91 Å². The molecule has 0 atom stereocenters. The number of nitrogens with zero attached hydrogens (tertiary/aromatic N) is 1. The maximum Gasteiger partial charge on any atom is 0.250 e. The van der Waals surface area contributed by atoms with E-state index in [0.717, 1.165) is 11.1 Å². The van der Waals surface area contributed by atoms with E-state index < -0.39 is 0 Å².